The number of aldehydes is 1. The summed E-state index contributed by atoms with van der Waals surface area (Å²) in [4.78, 5) is 25.5. The van der Waals surface area contributed by atoms with Crippen LogP contribution in [0.15, 0.2) is 36.5 Å². The van der Waals surface area contributed by atoms with E-state index in [0.29, 0.717) is 6.42 Å². The van der Waals surface area contributed by atoms with Crippen LogP contribution in [0.3, 0.4) is 0 Å². The number of fused-ring (bicyclic) bond motifs is 1. The molecule has 0 spiro atoms. The van der Waals surface area contributed by atoms with Gasteiger partial charge in [-0.05, 0) is 43.0 Å². The van der Waals surface area contributed by atoms with Crippen molar-refractivity contribution in [2.24, 2.45) is 0 Å². The molecule has 0 atom stereocenters. The molecule has 0 fully saturated rings. The average molecular weight is 352 g/mol. The van der Waals surface area contributed by atoms with Crippen molar-refractivity contribution in [3.63, 3.8) is 0 Å². The van der Waals surface area contributed by atoms with Gasteiger partial charge in [-0.25, -0.2) is 14.3 Å². The van der Waals surface area contributed by atoms with Gasteiger partial charge in [-0.2, -0.15) is 5.10 Å². The number of hydrogen-bond donors (Lipinski definition) is 2. The Labute approximate surface area is 150 Å². The number of aryl methyl sites for hydroxylation is 2. The zero-order valence-electron chi connectivity index (χ0n) is 14.5. The second-order valence-electron chi connectivity index (χ2n) is 6.09. The van der Waals surface area contributed by atoms with Gasteiger partial charge in [-0.3, -0.25) is 0 Å². The third-order valence-electron chi connectivity index (χ3n) is 4.23. The standard InChI is InChI=1S/C19H20N4O3/c1-13-10-14(5-6-15(13)12-21-19(25)26)17-7-8-20-18-11-16(22-23(17)18)4-2-3-9-24/h5-11,21H,2-4,12H2,1H3,(H,25,26). The summed E-state index contributed by atoms with van der Waals surface area (Å²) in [5, 5.41) is 15.8. The van der Waals surface area contributed by atoms with Crippen LogP contribution in [-0.4, -0.2) is 32.1 Å². The number of aromatic nitrogens is 3. The van der Waals surface area contributed by atoms with E-state index in [1.165, 1.54) is 0 Å². The van der Waals surface area contributed by atoms with E-state index >= 15 is 0 Å². The van der Waals surface area contributed by atoms with E-state index in [1.807, 2.05) is 37.3 Å². The monoisotopic (exact) mass is 352 g/mol. The molecule has 2 N–H and O–H groups in total. The maximum absolute atomic E-state index is 10.7. The topological polar surface area (TPSA) is 96.6 Å². The minimum absolute atomic E-state index is 0.274. The molecule has 0 aliphatic carbocycles. The zero-order chi connectivity index (χ0) is 18.5. The Balaban J connectivity index is 1.90. The fourth-order valence-corrected chi connectivity index (χ4v) is 2.87. The lowest BCUT2D eigenvalue weighted by Gasteiger charge is -2.10. The molecule has 2 aromatic heterocycles. The molecule has 7 nitrogen and oxygen atoms in total. The summed E-state index contributed by atoms with van der Waals surface area (Å²) >= 11 is 0. The van der Waals surface area contributed by atoms with E-state index in [4.69, 9.17) is 5.11 Å². The molecule has 0 radical (unpaired) electrons. The number of unbranched alkanes of at least 4 members (excludes halogenated alkanes) is 1. The molecule has 26 heavy (non-hydrogen) atoms. The Morgan fingerprint density at radius 1 is 1.31 bits per heavy atom. The number of nitrogens with zero attached hydrogens (tertiary/aromatic N) is 3. The molecule has 0 unspecified atom stereocenters. The Kier molecular flexibility index (Phi) is 5.26. The summed E-state index contributed by atoms with van der Waals surface area (Å²) in [5.41, 5.74) is 5.49. The lowest BCUT2D eigenvalue weighted by Crippen LogP contribution is -2.20. The number of amides is 1. The molecule has 1 aromatic carbocycles. The Morgan fingerprint density at radius 2 is 2.15 bits per heavy atom. The zero-order valence-corrected chi connectivity index (χ0v) is 14.5. The van der Waals surface area contributed by atoms with E-state index in [1.54, 1.807) is 10.7 Å². The second kappa shape index (κ2) is 7.77. The largest absolute Gasteiger partial charge is 0.465 e. The van der Waals surface area contributed by atoms with Gasteiger partial charge in [0.25, 0.3) is 0 Å². The fraction of sp³-hybridized carbons (Fsp3) is 0.263. The van der Waals surface area contributed by atoms with Crippen molar-refractivity contribution in [2.45, 2.75) is 32.7 Å². The number of carbonyl (C=O) groups is 2. The number of benzene rings is 1. The molecule has 0 aliphatic rings. The van der Waals surface area contributed by atoms with Gasteiger partial charge in [0.2, 0.25) is 0 Å². The van der Waals surface area contributed by atoms with Crippen LogP contribution in [0.25, 0.3) is 16.9 Å². The predicted molar refractivity (Wildman–Crippen MR) is 97.0 cm³/mol. The minimum Gasteiger partial charge on any atom is -0.465 e. The molecule has 1 amide bonds. The number of nitrogens with one attached hydrogen (secondary N) is 1. The molecule has 3 rings (SSSR count). The Hall–Kier alpha value is -3.22. The molecule has 0 saturated carbocycles. The third kappa shape index (κ3) is 3.88. The average Bonchev–Trinajstić information content (AvgIpc) is 3.03. The number of carbonyl (C=O) groups excluding carboxylic acids is 1. The van der Waals surface area contributed by atoms with Crippen LogP contribution < -0.4 is 5.32 Å². The Bertz CT molecular complexity index is 949. The maximum atomic E-state index is 10.7. The second-order valence-corrected chi connectivity index (χ2v) is 6.09. The van der Waals surface area contributed by atoms with E-state index in [2.05, 4.69) is 15.4 Å². The molecule has 7 heteroatoms. The van der Waals surface area contributed by atoms with Crippen LogP contribution in [0.4, 0.5) is 4.79 Å². The third-order valence-corrected chi connectivity index (χ3v) is 4.23. The van der Waals surface area contributed by atoms with Gasteiger partial charge in [0, 0.05) is 30.8 Å². The number of carboxylic acid groups (broad SMARTS) is 1. The van der Waals surface area contributed by atoms with Gasteiger partial charge < -0.3 is 15.2 Å². The Morgan fingerprint density at radius 3 is 2.88 bits per heavy atom. The molecule has 3 aromatic rings. The van der Waals surface area contributed by atoms with E-state index in [9.17, 15) is 9.59 Å². The highest BCUT2D eigenvalue weighted by Crippen LogP contribution is 2.23. The van der Waals surface area contributed by atoms with Gasteiger partial charge in [-0.1, -0.05) is 12.1 Å². The van der Waals surface area contributed by atoms with Crippen molar-refractivity contribution < 1.29 is 14.7 Å². The normalized spacial score (nSPS) is 10.8. The first kappa shape index (κ1) is 17.6. The lowest BCUT2D eigenvalue weighted by molar-refractivity contribution is -0.107. The van der Waals surface area contributed by atoms with Crippen molar-refractivity contribution in [1.82, 2.24) is 19.9 Å². The number of rotatable bonds is 7. The highest BCUT2D eigenvalue weighted by Gasteiger charge is 2.10. The first-order valence-electron chi connectivity index (χ1n) is 8.42. The van der Waals surface area contributed by atoms with Crippen molar-refractivity contribution in [2.75, 3.05) is 0 Å². The summed E-state index contributed by atoms with van der Waals surface area (Å²) in [5.74, 6) is 0. The van der Waals surface area contributed by atoms with Gasteiger partial charge in [0.05, 0.1) is 11.4 Å². The molecular weight excluding hydrogens is 332 g/mol. The number of hydrogen-bond acceptors (Lipinski definition) is 4. The van der Waals surface area contributed by atoms with Crippen LogP contribution >= 0.6 is 0 Å². The highest BCUT2D eigenvalue weighted by molar-refractivity contribution is 5.66. The fourth-order valence-electron chi connectivity index (χ4n) is 2.87. The molecule has 134 valence electrons. The molecular formula is C19H20N4O3. The first-order valence-corrected chi connectivity index (χ1v) is 8.42. The summed E-state index contributed by atoms with van der Waals surface area (Å²) in [6.45, 7) is 2.23. The van der Waals surface area contributed by atoms with E-state index < -0.39 is 6.09 Å². The van der Waals surface area contributed by atoms with Crippen molar-refractivity contribution in [3.05, 3.63) is 53.3 Å². The van der Waals surface area contributed by atoms with Crippen LogP contribution in [0.2, 0.25) is 0 Å². The van der Waals surface area contributed by atoms with Crippen molar-refractivity contribution in [1.29, 1.82) is 0 Å². The SMILES string of the molecule is Cc1cc(-c2ccnc3cc(CCCC=O)nn23)ccc1CNC(=O)O. The summed E-state index contributed by atoms with van der Waals surface area (Å²) in [6, 6.07) is 9.72. The molecule has 0 aliphatic heterocycles. The minimum atomic E-state index is -1.04. The molecule has 2 heterocycles. The molecule has 0 bridgehead atoms. The summed E-state index contributed by atoms with van der Waals surface area (Å²) < 4.78 is 1.81. The molecule has 0 saturated heterocycles. The van der Waals surface area contributed by atoms with Gasteiger partial charge in [-0.15, -0.1) is 0 Å². The van der Waals surface area contributed by atoms with Gasteiger partial charge in [0.1, 0.15) is 6.29 Å². The summed E-state index contributed by atoms with van der Waals surface area (Å²) in [6.07, 6.45) is 3.66. The summed E-state index contributed by atoms with van der Waals surface area (Å²) in [7, 11) is 0. The van der Waals surface area contributed by atoms with Gasteiger partial charge >= 0.3 is 6.09 Å². The van der Waals surface area contributed by atoms with Gasteiger partial charge in [0.15, 0.2) is 5.65 Å². The first-order chi connectivity index (χ1) is 12.6. The van der Waals surface area contributed by atoms with Crippen LogP contribution in [0.5, 0.6) is 0 Å². The quantitative estimate of drug-likeness (QED) is 0.503. The smallest absolute Gasteiger partial charge is 0.404 e. The van der Waals surface area contributed by atoms with Crippen LogP contribution in [0.1, 0.15) is 29.7 Å². The lowest BCUT2D eigenvalue weighted by atomic mass is 10.0. The van der Waals surface area contributed by atoms with E-state index in [-0.39, 0.29) is 6.54 Å². The van der Waals surface area contributed by atoms with Crippen LogP contribution in [0, 0.1) is 6.92 Å². The van der Waals surface area contributed by atoms with Crippen LogP contribution in [-0.2, 0) is 17.8 Å². The predicted octanol–water partition coefficient (Wildman–Crippen LogP) is 2.99. The van der Waals surface area contributed by atoms with E-state index in [0.717, 1.165) is 52.9 Å². The van der Waals surface area contributed by atoms with Crippen molar-refractivity contribution in [3.8, 4) is 11.3 Å². The maximum Gasteiger partial charge on any atom is 0.404 e. The highest BCUT2D eigenvalue weighted by atomic mass is 16.4. The van der Waals surface area contributed by atoms with Crippen molar-refractivity contribution >= 4 is 18.0 Å².